The minimum absolute atomic E-state index is 0.253. The fourth-order valence-electron chi connectivity index (χ4n) is 3.15. The SMILES string of the molecule is CC1(/C=C/c2ccccc2)OC(=O)c2c1ccc1ccccc21. The number of ether oxygens (including phenoxy) is 1. The maximum atomic E-state index is 12.5. The van der Waals surface area contributed by atoms with Crippen LogP contribution < -0.4 is 0 Å². The predicted molar refractivity (Wildman–Crippen MR) is 92.2 cm³/mol. The Hall–Kier alpha value is -2.87. The molecule has 0 bridgehead atoms. The molecule has 1 atom stereocenters. The molecule has 2 nitrogen and oxygen atoms in total. The van der Waals surface area contributed by atoms with E-state index in [1.165, 1.54) is 0 Å². The van der Waals surface area contributed by atoms with E-state index in [9.17, 15) is 4.79 Å². The van der Waals surface area contributed by atoms with Crippen molar-refractivity contribution in [3.63, 3.8) is 0 Å². The molecule has 0 spiro atoms. The van der Waals surface area contributed by atoms with E-state index in [0.717, 1.165) is 21.9 Å². The van der Waals surface area contributed by atoms with Gasteiger partial charge in [-0.1, -0.05) is 72.8 Å². The molecule has 0 N–H and O–H groups in total. The summed E-state index contributed by atoms with van der Waals surface area (Å²) in [5.41, 5.74) is 1.96. The maximum absolute atomic E-state index is 12.5. The second kappa shape index (κ2) is 5.10. The summed E-state index contributed by atoms with van der Waals surface area (Å²) in [7, 11) is 0. The van der Waals surface area contributed by atoms with Crippen LogP contribution in [0.4, 0.5) is 0 Å². The molecule has 1 unspecified atom stereocenters. The number of hydrogen-bond donors (Lipinski definition) is 0. The Kier molecular flexibility index (Phi) is 3.05. The van der Waals surface area contributed by atoms with E-state index in [1.807, 2.05) is 85.8 Å². The third-order valence-electron chi connectivity index (χ3n) is 4.37. The minimum Gasteiger partial charge on any atom is -0.447 e. The van der Waals surface area contributed by atoms with Gasteiger partial charge in [0.05, 0.1) is 5.56 Å². The lowest BCUT2D eigenvalue weighted by Crippen LogP contribution is -2.18. The third-order valence-corrected chi connectivity index (χ3v) is 4.37. The Labute approximate surface area is 135 Å². The van der Waals surface area contributed by atoms with E-state index in [0.29, 0.717) is 5.56 Å². The van der Waals surface area contributed by atoms with Crippen molar-refractivity contribution in [3.8, 4) is 0 Å². The summed E-state index contributed by atoms with van der Waals surface area (Å²) in [5, 5.41) is 2.01. The van der Waals surface area contributed by atoms with Crippen molar-refractivity contribution in [3.05, 3.63) is 89.5 Å². The topological polar surface area (TPSA) is 26.3 Å². The average Bonchev–Trinajstić information content (AvgIpc) is 2.85. The Morgan fingerprint density at radius 3 is 2.48 bits per heavy atom. The van der Waals surface area contributed by atoms with Crippen molar-refractivity contribution in [1.82, 2.24) is 0 Å². The van der Waals surface area contributed by atoms with E-state index >= 15 is 0 Å². The highest BCUT2D eigenvalue weighted by molar-refractivity contribution is 6.08. The first kappa shape index (κ1) is 13.8. The summed E-state index contributed by atoms with van der Waals surface area (Å²) < 4.78 is 5.72. The highest BCUT2D eigenvalue weighted by Crippen LogP contribution is 2.41. The van der Waals surface area contributed by atoms with E-state index < -0.39 is 5.60 Å². The van der Waals surface area contributed by atoms with E-state index in [4.69, 9.17) is 4.74 Å². The molecule has 0 saturated heterocycles. The summed E-state index contributed by atoms with van der Waals surface area (Å²) in [6.45, 7) is 1.94. The van der Waals surface area contributed by atoms with Crippen molar-refractivity contribution in [2.75, 3.05) is 0 Å². The molecule has 3 aromatic rings. The van der Waals surface area contributed by atoms with Gasteiger partial charge in [-0.3, -0.25) is 0 Å². The van der Waals surface area contributed by atoms with Gasteiger partial charge in [0.1, 0.15) is 0 Å². The van der Waals surface area contributed by atoms with Crippen LogP contribution in [-0.2, 0) is 10.3 Å². The van der Waals surface area contributed by atoms with Crippen LogP contribution in [0.15, 0.2) is 72.8 Å². The predicted octanol–water partition coefficient (Wildman–Crippen LogP) is 4.94. The molecule has 1 heterocycles. The van der Waals surface area contributed by atoms with Crippen LogP contribution in [0.3, 0.4) is 0 Å². The first-order chi connectivity index (χ1) is 11.2. The Balaban J connectivity index is 1.84. The summed E-state index contributed by atoms with van der Waals surface area (Å²) >= 11 is 0. The van der Waals surface area contributed by atoms with Gasteiger partial charge in [-0.2, -0.15) is 0 Å². The molecule has 0 fully saturated rings. The van der Waals surface area contributed by atoms with Crippen molar-refractivity contribution < 1.29 is 9.53 Å². The smallest absolute Gasteiger partial charge is 0.340 e. The summed E-state index contributed by atoms with van der Waals surface area (Å²) in [4.78, 5) is 12.5. The number of carbonyl (C=O) groups is 1. The van der Waals surface area contributed by atoms with Crippen LogP contribution in [-0.4, -0.2) is 5.97 Å². The van der Waals surface area contributed by atoms with E-state index in [1.54, 1.807) is 0 Å². The van der Waals surface area contributed by atoms with E-state index in [2.05, 4.69) is 0 Å². The zero-order chi connectivity index (χ0) is 15.9. The average molecular weight is 300 g/mol. The monoisotopic (exact) mass is 300 g/mol. The molecule has 23 heavy (non-hydrogen) atoms. The van der Waals surface area contributed by atoms with Crippen molar-refractivity contribution in [2.24, 2.45) is 0 Å². The second-order valence-electron chi connectivity index (χ2n) is 5.95. The van der Waals surface area contributed by atoms with Gasteiger partial charge in [0, 0.05) is 5.56 Å². The number of benzene rings is 3. The van der Waals surface area contributed by atoms with Gasteiger partial charge in [-0.05, 0) is 29.3 Å². The van der Waals surface area contributed by atoms with Crippen LogP contribution in [0, 0.1) is 0 Å². The van der Waals surface area contributed by atoms with Crippen LogP contribution in [0.1, 0.15) is 28.4 Å². The highest BCUT2D eigenvalue weighted by Gasteiger charge is 2.40. The molecule has 1 aliphatic heterocycles. The lowest BCUT2D eigenvalue weighted by Gasteiger charge is -2.19. The normalized spacial score (nSPS) is 20.0. The Morgan fingerprint density at radius 2 is 1.65 bits per heavy atom. The number of esters is 1. The first-order valence-corrected chi connectivity index (χ1v) is 7.67. The number of rotatable bonds is 2. The van der Waals surface area contributed by atoms with Gasteiger partial charge in [0.2, 0.25) is 0 Å². The molecular formula is C21H16O2. The molecule has 0 aliphatic carbocycles. The molecule has 3 aromatic carbocycles. The number of carbonyl (C=O) groups excluding carboxylic acids is 1. The molecule has 4 rings (SSSR count). The maximum Gasteiger partial charge on any atom is 0.340 e. The fraction of sp³-hybridized carbons (Fsp3) is 0.0952. The van der Waals surface area contributed by atoms with Crippen molar-refractivity contribution >= 4 is 22.8 Å². The summed E-state index contributed by atoms with van der Waals surface area (Å²) in [6, 6.07) is 22.0. The zero-order valence-electron chi connectivity index (χ0n) is 12.8. The number of hydrogen-bond acceptors (Lipinski definition) is 2. The Morgan fingerprint density at radius 1 is 0.913 bits per heavy atom. The highest BCUT2D eigenvalue weighted by atomic mass is 16.6. The van der Waals surface area contributed by atoms with Crippen LogP contribution in [0.25, 0.3) is 16.8 Å². The molecule has 0 amide bonds. The van der Waals surface area contributed by atoms with E-state index in [-0.39, 0.29) is 5.97 Å². The standard InChI is InChI=1S/C21H16O2/c1-21(14-13-15-7-3-2-4-8-15)18-12-11-16-9-5-6-10-17(16)19(18)20(22)23-21/h2-14H,1H3/b14-13+. The minimum atomic E-state index is -0.730. The van der Waals surface area contributed by atoms with Gasteiger partial charge in [-0.15, -0.1) is 0 Å². The number of cyclic esters (lactones) is 1. The lowest BCUT2D eigenvalue weighted by molar-refractivity contribution is 0.0211. The Bertz CT molecular complexity index is 925. The van der Waals surface area contributed by atoms with Gasteiger partial charge in [-0.25, -0.2) is 4.79 Å². The molecule has 0 saturated carbocycles. The van der Waals surface area contributed by atoms with Crippen molar-refractivity contribution in [1.29, 1.82) is 0 Å². The van der Waals surface area contributed by atoms with Gasteiger partial charge >= 0.3 is 5.97 Å². The molecule has 0 aromatic heterocycles. The van der Waals surface area contributed by atoms with Gasteiger partial charge < -0.3 is 4.74 Å². The quantitative estimate of drug-likeness (QED) is 0.627. The van der Waals surface area contributed by atoms with Crippen molar-refractivity contribution in [2.45, 2.75) is 12.5 Å². The zero-order valence-corrected chi connectivity index (χ0v) is 12.8. The molecule has 1 aliphatic rings. The molecular weight excluding hydrogens is 284 g/mol. The molecule has 2 heteroatoms. The summed E-state index contributed by atoms with van der Waals surface area (Å²) in [6.07, 6.45) is 3.96. The second-order valence-corrected chi connectivity index (χ2v) is 5.95. The van der Waals surface area contributed by atoms with Crippen LogP contribution >= 0.6 is 0 Å². The number of fused-ring (bicyclic) bond motifs is 3. The van der Waals surface area contributed by atoms with Crippen LogP contribution in [0.5, 0.6) is 0 Å². The fourth-order valence-corrected chi connectivity index (χ4v) is 3.15. The van der Waals surface area contributed by atoms with Gasteiger partial charge in [0.25, 0.3) is 0 Å². The van der Waals surface area contributed by atoms with Gasteiger partial charge in [0.15, 0.2) is 5.60 Å². The van der Waals surface area contributed by atoms with Crippen LogP contribution in [0.2, 0.25) is 0 Å². The molecule has 112 valence electrons. The third kappa shape index (κ3) is 2.23. The molecule has 0 radical (unpaired) electrons. The first-order valence-electron chi connectivity index (χ1n) is 7.67. The lowest BCUT2D eigenvalue weighted by atomic mass is 9.90. The summed E-state index contributed by atoms with van der Waals surface area (Å²) in [5.74, 6) is -0.253. The largest absolute Gasteiger partial charge is 0.447 e.